The maximum absolute atomic E-state index is 13.9. The molecule has 2 amide bonds. The van der Waals surface area contributed by atoms with Crippen LogP contribution in [0.5, 0.6) is 0 Å². The van der Waals surface area contributed by atoms with Gasteiger partial charge in [0.2, 0.25) is 6.41 Å². The molecule has 3 aromatic rings. The van der Waals surface area contributed by atoms with E-state index < -0.39 is 5.54 Å². The maximum Gasteiger partial charge on any atom is 0.252 e. The number of carbonyl (C=O) groups is 2. The zero-order valence-electron chi connectivity index (χ0n) is 17.6. The Morgan fingerprint density at radius 2 is 1.75 bits per heavy atom. The highest BCUT2D eigenvalue weighted by molar-refractivity contribution is 9.10. The zero-order chi connectivity index (χ0) is 23.3. The van der Waals surface area contributed by atoms with Gasteiger partial charge in [0.05, 0.1) is 12.2 Å². The smallest absolute Gasteiger partial charge is 0.252 e. The highest BCUT2D eigenvalue weighted by Crippen LogP contribution is 2.30. The first-order chi connectivity index (χ1) is 15.2. The Balaban J connectivity index is 2.02. The number of aromatic nitrogens is 1. The zero-order valence-corrected chi connectivity index (χ0v) is 20.7. The van der Waals surface area contributed by atoms with Crippen molar-refractivity contribution in [3.05, 3.63) is 92.6 Å². The molecule has 1 heterocycles. The number of pyridine rings is 1. The van der Waals surface area contributed by atoms with Gasteiger partial charge in [-0.15, -0.1) is 0 Å². The van der Waals surface area contributed by atoms with Crippen LogP contribution in [0.1, 0.15) is 18.2 Å². The second kappa shape index (κ2) is 10.5. The molecule has 32 heavy (non-hydrogen) atoms. The van der Waals surface area contributed by atoms with E-state index in [1.54, 1.807) is 44.4 Å². The second-order valence-electron chi connectivity index (χ2n) is 7.62. The molecule has 0 fully saturated rings. The quantitative estimate of drug-likeness (QED) is 0.344. The molecule has 0 N–H and O–H groups in total. The lowest BCUT2D eigenvalue weighted by Crippen LogP contribution is -2.58. The van der Waals surface area contributed by atoms with Crippen molar-refractivity contribution in [2.45, 2.75) is 25.4 Å². The van der Waals surface area contributed by atoms with Crippen LogP contribution in [0.25, 0.3) is 0 Å². The molecule has 166 valence electrons. The fraction of sp³-hybridized carbons (Fsp3) is 0.208. The summed E-state index contributed by atoms with van der Waals surface area (Å²) in [6.07, 6.45) is 2.67. The van der Waals surface area contributed by atoms with Gasteiger partial charge < -0.3 is 9.80 Å². The third kappa shape index (κ3) is 5.68. The number of rotatable bonds is 8. The number of nitrogens with zero attached hydrogens (tertiary/aromatic N) is 3. The van der Waals surface area contributed by atoms with E-state index in [9.17, 15) is 9.59 Å². The number of hydrogen-bond acceptors (Lipinski definition) is 3. The molecule has 0 aliphatic heterocycles. The van der Waals surface area contributed by atoms with Gasteiger partial charge in [0, 0.05) is 39.9 Å². The number of anilines is 1. The van der Waals surface area contributed by atoms with E-state index in [0.717, 1.165) is 10.0 Å². The fourth-order valence-corrected chi connectivity index (χ4v) is 4.28. The number of likely N-dealkylation sites (N-methyl/N-ethyl adjacent to an activating group) is 1. The minimum absolute atomic E-state index is 0.188. The van der Waals surface area contributed by atoms with Crippen molar-refractivity contribution < 1.29 is 9.59 Å². The molecule has 3 rings (SSSR count). The summed E-state index contributed by atoms with van der Waals surface area (Å²) in [6.45, 7) is 1.95. The molecule has 8 heteroatoms. The van der Waals surface area contributed by atoms with E-state index >= 15 is 0 Å². The van der Waals surface area contributed by atoms with Crippen LogP contribution in [-0.4, -0.2) is 34.8 Å². The fourth-order valence-electron chi connectivity index (χ4n) is 3.51. The summed E-state index contributed by atoms with van der Waals surface area (Å²) in [5.41, 5.74) is 0.937. The molecular weight excluding hydrogens is 513 g/mol. The number of hydrogen-bond donors (Lipinski definition) is 0. The molecular formula is C24H22BrCl2N3O2. The van der Waals surface area contributed by atoms with Gasteiger partial charge in [-0.1, -0.05) is 57.3 Å². The molecule has 0 radical (unpaired) electrons. The summed E-state index contributed by atoms with van der Waals surface area (Å²) < 4.78 is 0.931. The number of benzene rings is 2. The van der Waals surface area contributed by atoms with Crippen LogP contribution in [0, 0.1) is 0 Å². The van der Waals surface area contributed by atoms with Crippen LogP contribution in [0.3, 0.4) is 0 Å². The molecule has 0 aliphatic rings. The monoisotopic (exact) mass is 533 g/mol. The average molecular weight is 535 g/mol. The average Bonchev–Trinajstić information content (AvgIpc) is 2.78. The molecule has 0 spiro atoms. The van der Waals surface area contributed by atoms with E-state index in [-0.39, 0.29) is 12.5 Å². The Bertz CT molecular complexity index is 1080. The summed E-state index contributed by atoms with van der Waals surface area (Å²) in [5.74, 6) is -0.276. The number of halogens is 3. The molecule has 1 aromatic heterocycles. The van der Waals surface area contributed by atoms with E-state index in [2.05, 4.69) is 20.9 Å². The third-order valence-electron chi connectivity index (χ3n) is 5.28. The van der Waals surface area contributed by atoms with Crippen molar-refractivity contribution in [1.82, 2.24) is 9.88 Å². The minimum Gasteiger partial charge on any atom is -0.325 e. The van der Waals surface area contributed by atoms with Gasteiger partial charge in [0.25, 0.3) is 5.91 Å². The number of amides is 2. The number of carbonyl (C=O) groups excluding carboxylic acids is 2. The lowest BCUT2D eigenvalue weighted by Gasteiger charge is -2.40. The summed E-state index contributed by atoms with van der Waals surface area (Å²) in [4.78, 5) is 33.4. The van der Waals surface area contributed by atoms with Crippen LogP contribution in [0.15, 0.2) is 71.3 Å². The van der Waals surface area contributed by atoms with E-state index in [0.29, 0.717) is 34.3 Å². The lowest BCUT2D eigenvalue weighted by molar-refractivity contribution is -0.138. The SMILES string of the molecule is CN(C(=O)[C@@](C)(Cc1ccc(Br)cc1)N(C=O)Cc1ccccn1)c1cc(Cl)cc(Cl)c1. The lowest BCUT2D eigenvalue weighted by atomic mass is 9.89. The molecule has 0 aliphatic carbocycles. The predicted octanol–water partition coefficient (Wildman–Crippen LogP) is 5.77. The van der Waals surface area contributed by atoms with Crippen LogP contribution in [0.2, 0.25) is 10.0 Å². The van der Waals surface area contributed by atoms with Crippen molar-refractivity contribution in [1.29, 1.82) is 0 Å². The molecule has 0 saturated heterocycles. The third-order valence-corrected chi connectivity index (χ3v) is 6.25. The Hall–Kier alpha value is -2.41. The maximum atomic E-state index is 13.9. The summed E-state index contributed by atoms with van der Waals surface area (Å²) in [7, 11) is 1.65. The van der Waals surface area contributed by atoms with E-state index in [4.69, 9.17) is 23.2 Å². The minimum atomic E-state index is -1.20. The standard InChI is InChI=1S/C24H22BrCl2N3O2/c1-24(14-17-6-8-18(25)9-7-17,30(16-31)15-21-5-3-4-10-28-21)23(32)29(2)22-12-19(26)11-20(27)13-22/h3-13,16H,14-15H2,1-2H3/t24-/m1/s1. The first-order valence-electron chi connectivity index (χ1n) is 9.83. The largest absolute Gasteiger partial charge is 0.325 e. The first kappa shape index (κ1) is 24.2. The van der Waals surface area contributed by atoms with E-state index in [1.807, 2.05) is 36.4 Å². The van der Waals surface area contributed by atoms with Crippen LogP contribution >= 0.6 is 39.1 Å². The first-order valence-corrected chi connectivity index (χ1v) is 11.4. The normalized spacial score (nSPS) is 12.7. The molecule has 0 saturated carbocycles. The van der Waals surface area contributed by atoms with Crippen molar-refractivity contribution in [2.75, 3.05) is 11.9 Å². The van der Waals surface area contributed by atoms with Crippen molar-refractivity contribution in [2.24, 2.45) is 0 Å². The van der Waals surface area contributed by atoms with Gasteiger partial charge in [0.15, 0.2) is 0 Å². The molecule has 0 bridgehead atoms. The van der Waals surface area contributed by atoms with Gasteiger partial charge >= 0.3 is 0 Å². The Morgan fingerprint density at radius 3 is 2.31 bits per heavy atom. The second-order valence-corrected chi connectivity index (χ2v) is 9.41. The summed E-state index contributed by atoms with van der Waals surface area (Å²) in [6, 6.07) is 18.1. The summed E-state index contributed by atoms with van der Waals surface area (Å²) >= 11 is 15.7. The van der Waals surface area contributed by atoms with Gasteiger partial charge in [-0.05, 0) is 55.0 Å². The van der Waals surface area contributed by atoms with Gasteiger partial charge in [-0.3, -0.25) is 14.6 Å². The Kier molecular flexibility index (Phi) is 7.93. The molecule has 5 nitrogen and oxygen atoms in total. The predicted molar refractivity (Wildman–Crippen MR) is 132 cm³/mol. The molecule has 2 aromatic carbocycles. The molecule has 1 atom stereocenters. The highest BCUT2D eigenvalue weighted by atomic mass is 79.9. The topological polar surface area (TPSA) is 53.5 Å². The van der Waals surface area contributed by atoms with Crippen molar-refractivity contribution in [3.8, 4) is 0 Å². The Labute approximate surface area is 206 Å². The van der Waals surface area contributed by atoms with Gasteiger partial charge in [-0.2, -0.15) is 0 Å². The van der Waals surface area contributed by atoms with E-state index in [1.165, 1.54) is 9.80 Å². The van der Waals surface area contributed by atoms with Gasteiger partial charge in [-0.25, -0.2) is 0 Å². The highest BCUT2D eigenvalue weighted by Gasteiger charge is 2.41. The van der Waals surface area contributed by atoms with Crippen molar-refractivity contribution in [3.63, 3.8) is 0 Å². The Morgan fingerprint density at radius 1 is 1.09 bits per heavy atom. The van der Waals surface area contributed by atoms with Crippen LogP contribution in [0.4, 0.5) is 5.69 Å². The molecule has 0 unspecified atom stereocenters. The van der Waals surface area contributed by atoms with Crippen LogP contribution in [-0.2, 0) is 22.6 Å². The summed E-state index contributed by atoms with van der Waals surface area (Å²) in [5, 5.41) is 0.838. The van der Waals surface area contributed by atoms with Gasteiger partial charge in [0.1, 0.15) is 5.54 Å². The van der Waals surface area contributed by atoms with Crippen LogP contribution < -0.4 is 4.90 Å². The van der Waals surface area contributed by atoms with Crippen molar-refractivity contribution >= 4 is 57.1 Å².